The van der Waals surface area contributed by atoms with E-state index in [0.717, 1.165) is 22.2 Å². The molecule has 0 fully saturated rings. The molecular weight excluding hydrogens is 331 g/mol. The average molecular weight is 341 g/mol. The molecule has 1 N–H and O–H groups in total. The highest BCUT2D eigenvalue weighted by Crippen LogP contribution is 2.34. The van der Waals surface area contributed by atoms with Crippen molar-refractivity contribution in [2.75, 3.05) is 0 Å². The molecule has 0 spiro atoms. The number of hydrogen-bond acceptors (Lipinski definition) is 3. The fourth-order valence-corrected chi connectivity index (χ4v) is 2.98. The first-order valence-electron chi connectivity index (χ1n) is 6.93. The molecule has 6 heteroatoms. The van der Waals surface area contributed by atoms with Crippen molar-refractivity contribution < 1.29 is 0 Å². The maximum Gasteiger partial charge on any atom is 0.142 e. The third-order valence-corrected chi connectivity index (χ3v) is 4.09. The van der Waals surface area contributed by atoms with Gasteiger partial charge >= 0.3 is 0 Å². The van der Waals surface area contributed by atoms with Crippen LogP contribution in [-0.2, 0) is 0 Å². The normalized spacial score (nSPS) is 11.0. The zero-order valence-corrected chi connectivity index (χ0v) is 13.3. The molecule has 2 aromatic heterocycles. The minimum Gasteiger partial charge on any atom is -0.338 e. The molecule has 112 valence electrons. The molecule has 2 heterocycles. The van der Waals surface area contributed by atoms with E-state index in [1.54, 1.807) is 18.3 Å². The van der Waals surface area contributed by atoms with Crippen molar-refractivity contribution in [1.82, 2.24) is 19.9 Å². The van der Waals surface area contributed by atoms with Crippen molar-refractivity contribution >= 4 is 34.2 Å². The van der Waals surface area contributed by atoms with Crippen LogP contribution in [0.1, 0.15) is 0 Å². The topological polar surface area (TPSA) is 54.5 Å². The number of imidazole rings is 1. The van der Waals surface area contributed by atoms with Gasteiger partial charge in [-0.05, 0) is 30.3 Å². The molecule has 0 amide bonds. The zero-order chi connectivity index (χ0) is 15.8. The molecule has 0 saturated carbocycles. The molecule has 0 aliphatic carbocycles. The van der Waals surface area contributed by atoms with E-state index < -0.39 is 0 Å². The van der Waals surface area contributed by atoms with Crippen LogP contribution in [0.4, 0.5) is 0 Å². The van der Waals surface area contributed by atoms with Crippen LogP contribution in [0.3, 0.4) is 0 Å². The second-order valence-electron chi connectivity index (χ2n) is 5.01. The van der Waals surface area contributed by atoms with E-state index in [1.807, 2.05) is 30.3 Å². The molecule has 0 unspecified atom stereocenters. The third-order valence-electron chi connectivity index (χ3n) is 3.54. The Hall–Kier alpha value is -2.43. The molecular formula is C17H10Cl2N4. The van der Waals surface area contributed by atoms with Crippen LogP contribution in [0, 0.1) is 0 Å². The summed E-state index contributed by atoms with van der Waals surface area (Å²) in [5.41, 5.74) is 4.13. The van der Waals surface area contributed by atoms with Crippen LogP contribution in [0.15, 0.2) is 55.0 Å². The third kappa shape index (κ3) is 2.56. The molecule has 0 saturated heterocycles. The van der Waals surface area contributed by atoms with E-state index >= 15 is 0 Å². The lowest BCUT2D eigenvalue weighted by atomic mass is 10.1. The first-order chi connectivity index (χ1) is 11.2. The van der Waals surface area contributed by atoms with Crippen molar-refractivity contribution in [2.45, 2.75) is 0 Å². The Bertz CT molecular complexity index is 977. The summed E-state index contributed by atoms with van der Waals surface area (Å²) >= 11 is 12.3. The van der Waals surface area contributed by atoms with Gasteiger partial charge in [-0.3, -0.25) is 0 Å². The van der Waals surface area contributed by atoms with Crippen molar-refractivity contribution in [2.24, 2.45) is 0 Å². The summed E-state index contributed by atoms with van der Waals surface area (Å²) in [5, 5.41) is 1.12. The molecule has 0 aliphatic rings. The lowest BCUT2D eigenvalue weighted by molar-refractivity contribution is 1.16. The minimum atomic E-state index is 0.536. The monoisotopic (exact) mass is 340 g/mol. The number of halogens is 2. The fourth-order valence-electron chi connectivity index (χ4n) is 2.48. The van der Waals surface area contributed by atoms with E-state index in [9.17, 15) is 0 Å². The smallest absolute Gasteiger partial charge is 0.142 e. The van der Waals surface area contributed by atoms with Crippen LogP contribution in [0.5, 0.6) is 0 Å². The Morgan fingerprint density at radius 1 is 0.957 bits per heavy atom. The number of para-hydroxylation sites is 2. The van der Waals surface area contributed by atoms with Crippen LogP contribution < -0.4 is 0 Å². The number of hydrogen-bond donors (Lipinski definition) is 1. The second kappa shape index (κ2) is 5.65. The Kier molecular flexibility index (Phi) is 3.48. The highest BCUT2D eigenvalue weighted by atomic mass is 35.5. The van der Waals surface area contributed by atoms with Gasteiger partial charge in [0.1, 0.15) is 12.2 Å². The summed E-state index contributed by atoms with van der Waals surface area (Å²) in [5.74, 6) is 0.702. The molecule has 0 atom stereocenters. The number of nitrogens with zero attached hydrogens (tertiary/aromatic N) is 3. The number of benzene rings is 2. The summed E-state index contributed by atoms with van der Waals surface area (Å²) in [6.07, 6.45) is 3.22. The summed E-state index contributed by atoms with van der Waals surface area (Å²) < 4.78 is 0. The fraction of sp³-hybridized carbons (Fsp3) is 0. The van der Waals surface area contributed by atoms with Crippen LogP contribution in [0.2, 0.25) is 10.0 Å². The van der Waals surface area contributed by atoms with Crippen molar-refractivity contribution in [3.63, 3.8) is 0 Å². The lowest BCUT2D eigenvalue weighted by Crippen LogP contribution is -1.93. The van der Waals surface area contributed by atoms with E-state index in [2.05, 4.69) is 19.9 Å². The first-order valence-corrected chi connectivity index (χ1v) is 7.68. The van der Waals surface area contributed by atoms with E-state index in [1.165, 1.54) is 6.33 Å². The molecule has 4 nitrogen and oxygen atoms in total. The number of aromatic amines is 1. The summed E-state index contributed by atoms with van der Waals surface area (Å²) in [7, 11) is 0. The van der Waals surface area contributed by atoms with Gasteiger partial charge in [-0.1, -0.05) is 35.3 Å². The molecule has 0 radical (unpaired) electrons. The zero-order valence-electron chi connectivity index (χ0n) is 11.8. The van der Waals surface area contributed by atoms with E-state index in [4.69, 9.17) is 23.2 Å². The predicted octanol–water partition coefficient (Wildman–Crippen LogP) is 4.99. The quantitative estimate of drug-likeness (QED) is 0.559. The SMILES string of the molecule is Clc1ccc(-c2ncncc2-c2nc3ccccc3[nH]2)c(Cl)c1. The predicted molar refractivity (Wildman–Crippen MR) is 92.6 cm³/mol. The van der Waals surface area contributed by atoms with Crippen LogP contribution in [0.25, 0.3) is 33.7 Å². The van der Waals surface area contributed by atoms with Crippen LogP contribution in [-0.4, -0.2) is 19.9 Å². The van der Waals surface area contributed by atoms with Gasteiger partial charge in [0.05, 0.1) is 27.3 Å². The largest absolute Gasteiger partial charge is 0.338 e. The van der Waals surface area contributed by atoms with Gasteiger partial charge < -0.3 is 4.98 Å². The molecule has 0 aliphatic heterocycles. The number of nitrogens with one attached hydrogen (secondary N) is 1. The maximum atomic E-state index is 6.33. The van der Waals surface area contributed by atoms with Gasteiger partial charge in [0.15, 0.2) is 0 Å². The van der Waals surface area contributed by atoms with Crippen LogP contribution >= 0.6 is 23.2 Å². The summed E-state index contributed by atoms with van der Waals surface area (Å²) in [6, 6.07) is 13.2. The number of rotatable bonds is 2. The summed E-state index contributed by atoms with van der Waals surface area (Å²) in [4.78, 5) is 16.4. The summed E-state index contributed by atoms with van der Waals surface area (Å²) in [6.45, 7) is 0. The van der Waals surface area contributed by atoms with Crippen molar-refractivity contribution in [3.05, 3.63) is 65.0 Å². The first kappa shape index (κ1) is 14.2. The number of aromatic nitrogens is 4. The Morgan fingerprint density at radius 3 is 2.65 bits per heavy atom. The molecule has 2 aromatic carbocycles. The number of H-pyrrole nitrogens is 1. The van der Waals surface area contributed by atoms with Gasteiger partial charge in [0.25, 0.3) is 0 Å². The standard InChI is InChI=1S/C17H10Cl2N4/c18-10-5-6-11(13(19)7-10)16-12(8-20-9-21-16)17-22-14-3-1-2-4-15(14)23-17/h1-9H,(H,22,23). The second-order valence-corrected chi connectivity index (χ2v) is 5.86. The van der Waals surface area contributed by atoms with E-state index in [-0.39, 0.29) is 0 Å². The highest BCUT2D eigenvalue weighted by molar-refractivity contribution is 6.36. The molecule has 0 bridgehead atoms. The average Bonchev–Trinajstić information content (AvgIpc) is 2.99. The van der Waals surface area contributed by atoms with Gasteiger partial charge in [0, 0.05) is 16.8 Å². The Labute approximate surface area is 142 Å². The van der Waals surface area contributed by atoms with Gasteiger partial charge in [-0.25, -0.2) is 15.0 Å². The Balaban J connectivity index is 1.93. The van der Waals surface area contributed by atoms with Gasteiger partial charge in [-0.2, -0.15) is 0 Å². The minimum absolute atomic E-state index is 0.536. The maximum absolute atomic E-state index is 6.33. The lowest BCUT2D eigenvalue weighted by Gasteiger charge is -2.08. The van der Waals surface area contributed by atoms with E-state index in [0.29, 0.717) is 21.6 Å². The molecule has 4 rings (SSSR count). The Morgan fingerprint density at radius 2 is 1.83 bits per heavy atom. The molecule has 23 heavy (non-hydrogen) atoms. The highest BCUT2D eigenvalue weighted by Gasteiger charge is 2.15. The number of fused-ring (bicyclic) bond motifs is 1. The van der Waals surface area contributed by atoms with Crippen molar-refractivity contribution in [3.8, 4) is 22.6 Å². The van der Waals surface area contributed by atoms with Gasteiger partial charge in [0.2, 0.25) is 0 Å². The van der Waals surface area contributed by atoms with Crippen molar-refractivity contribution in [1.29, 1.82) is 0 Å². The van der Waals surface area contributed by atoms with Gasteiger partial charge in [-0.15, -0.1) is 0 Å². The molecule has 4 aromatic rings.